The second kappa shape index (κ2) is 8.65. The van der Waals surface area contributed by atoms with Crippen molar-refractivity contribution in [2.75, 3.05) is 5.32 Å². The number of halogens is 2. The summed E-state index contributed by atoms with van der Waals surface area (Å²) in [6, 6.07) is 15.3. The molecule has 0 radical (unpaired) electrons. The van der Waals surface area contributed by atoms with E-state index in [9.17, 15) is 18.4 Å². The zero-order valence-electron chi connectivity index (χ0n) is 16.3. The third kappa shape index (κ3) is 4.46. The number of amides is 1. The molecule has 0 spiro atoms. The number of hydrogen-bond donors (Lipinski definition) is 1. The van der Waals surface area contributed by atoms with Gasteiger partial charge in [0.25, 0.3) is 5.56 Å². The van der Waals surface area contributed by atoms with Gasteiger partial charge in [-0.1, -0.05) is 30.3 Å². The number of carbonyl (C=O) groups excluding carboxylic acids is 1. The molecule has 31 heavy (non-hydrogen) atoms. The molecular formula is C22H17F2N3O3S. The lowest BCUT2D eigenvalue weighted by molar-refractivity contribution is -0.116. The van der Waals surface area contributed by atoms with Gasteiger partial charge in [-0.2, -0.15) is 8.78 Å². The number of nitrogens with one attached hydrogen (secondary N) is 1. The van der Waals surface area contributed by atoms with Crippen LogP contribution >= 0.6 is 11.3 Å². The number of rotatable bonds is 6. The summed E-state index contributed by atoms with van der Waals surface area (Å²) in [5.74, 6) is -0.456. The molecule has 1 N–H and O–H groups in total. The van der Waals surface area contributed by atoms with E-state index >= 15 is 0 Å². The first kappa shape index (κ1) is 20.7. The zero-order chi connectivity index (χ0) is 22.0. The van der Waals surface area contributed by atoms with Crippen molar-refractivity contribution in [1.82, 2.24) is 9.55 Å². The minimum Gasteiger partial charge on any atom is -0.435 e. The first-order valence-electron chi connectivity index (χ1n) is 9.31. The first-order valence-corrected chi connectivity index (χ1v) is 10.1. The Kier molecular flexibility index (Phi) is 5.77. The number of nitrogens with zero attached hydrogens (tertiary/aromatic N) is 2. The van der Waals surface area contributed by atoms with Crippen LogP contribution in [0, 0.1) is 6.92 Å². The lowest BCUT2D eigenvalue weighted by Crippen LogP contribution is -2.27. The monoisotopic (exact) mass is 441 g/mol. The number of thiophene rings is 1. The van der Waals surface area contributed by atoms with Crippen molar-refractivity contribution < 1.29 is 18.3 Å². The van der Waals surface area contributed by atoms with Gasteiger partial charge in [0.05, 0.1) is 11.7 Å². The third-order valence-electron chi connectivity index (χ3n) is 4.63. The minimum atomic E-state index is -2.92. The Morgan fingerprint density at radius 2 is 1.87 bits per heavy atom. The molecule has 4 rings (SSSR count). The second-order valence-corrected chi connectivity index (χ2v) is 7.73. The quantitative estimate of drug-likeness (QED) is 0.472. The molecule has 0 unspecified atom stereocenters. The van der Waals surface area contributed by atoms with Crippen molar-refractivity contribution >= 4 is 33.1 Å². The van der Waals surface area contributed by atoms with Gasteiger partial charge in [0, 0.05) is 10.6 Å². The highest BCUT2D eigenvalue weighted by atomic mass is 32.1. The van der Waals surface area contributed by atoms with E-state index in [1.165, 1.54) is 46.5 Å². The molecule has 0 aliphatic heterocycles. The number of ether oxygens (including phenoxy) is 1. The molecule has 158 valence electrons. The number of anilines is 1. The summed E-state index contributed by atoms with van der Waals surface area (Å²) in [5, 5.41) is 3.12. The Bertz CT molecular complexity index is 1290. The van der Waals surface area contributed by atoms with E-state index in [1.807, 2.05) is 37.3 Å². The summed E-state index contributed by atoms with van der Waals surface area (Å²) < 4.78 is 30.0. The Morgan fingerprint density at radius 3 is 2.55 bits per heavy atom. The number of alkyl halides is 2. The van der Waals surface area contributed by atoms with Gasteiger partial charge in [-0.15, -0.1) is 11.3 Å². The van der Waals surface area contributed by atoms with Crippen LogP contribution in [0.25, 0.3) is 20.7 Å². The van der Waals surface area contributed by atoms with E-state index in [-0.39, 0.29) is 17.9 Å². The maximum atomic E-state index is 13.0. The van der Waals surface area contributed by atoms with Crippen LogP contribution in [0.3, 0.4) is 0 Å². The molecule has 0 bridgehead atoms. The lowest BCUT2D eigenvalue weighted by atomic mass is 10.1. The normalized spacial score (nSPS) is 11.1. The molecule has 6 nitrogen and oxygen atoms in total. The molecule has 0 saturated heterocycles. The van der Waals surface area contributed by atoms with Crippen LogP contribution in [0.1, 0.15) is 5.56 Å². The topological polar surface area (TPSA) is 73.2 Å². The van der Waals surface area contributed by atoms with Crippen LogP contribution < -0.4 is 15.6 Å². The average Bonchev–Trinajstić information content (AvgIpc) is 3.09. The molecule has 4 aromatic rings. The van der Waals surface area contributed by atoms with Crippen LogP contribution in [0.2, 0.25) is 0 Å². The van der Waals surface area contributed by atoms with Crippen molar-refractivity contribution in [3.05, 3.63) is 76.8 Å². The predicted octanol–water partition coefficient (Wildman–Crippen LogP) is 4.67. The van der Waals surface area contributed by atoms with E-state index in [0.717, 1.165) is 16.0 Å². The molecule has 2 heterocycles. The van der Waals surface area contributed by atoms with E-state index in [0.29, 0.717) is 15.9 Å². The molecular weight excluding hydrogens is 424 g/mol. The smallest absolute Gasteiger partial charge is 0.387 e. The number of aromatic nitrogens is 2. The highest BCUT2D eigenvalue weighted by molar-refractivity contribution is 7.22. The van der Waals surface area contributed by atoms with Crippen molar-refractivity contribution in [3.8, 4) is 16.2 Å². The van der Waals surface area contributed by atoms with Crippen LogP contribution in [-0.2, 0) is 11.3 Å². The Morgan fingerprint density at radius 1 is 1.16 bits per heavy atom. The fraction of sp³-hybridized carbons (Fsp3) is 0.136. The summed E-state index contributed by atoms with van der Waals surface area (Å²) in [6.07, 6.45) is 1.36. The number of hydrogen-bond acceptors (Lipinski definition) is 5. The number of benzene rings is 2. The van der Waals surface area contributed by atoms with Gasteiger partial charge >= 0.3 is 6.61 Å². The number of carbonyl (C=O) groups is 1. The van der Waals surface area contributed by atoms with E-state index in [4.69, 9.17) is 0 Å². The molecule has 0 atom stereocenters. The highest BCUT2D eigenvalue weighted by Gasteiger charge is 2.16. The molecule has 2 aromatic heterocycles. The molecule has 0 aliphatic rings. The Hall–Kier alpha value is -3.59. The maximum Gasteiger partial charge on any atom is 0.387 e. The number of aryl methyl sites for hydroxylation is 1. The summed E-state index contributed by atoms with van der Waals surface area (Å²) in [5.41, 5.74) is 1.93. The van der Waals surface area contributed by atoms with Crippen LogP contribution in [0.15, 0.2) is 65.7 Å². The standard InChI is InChI=1S/C22H17F2N3O3S/c1-13-18-20(31-19(13)14-5-3-2-4-6-14)25-12-27(21(18)29)11-17(28)26-15-7-9-16(10-8-15)30-22(23)24/h2-10,12,22H,11H2,1H3,(H,26,28). The molecule has 2 aromatic carbocycles. The number of fused-ring (bicyclic) bond motifs is 1. The highest BCUT2D eigenvalue weighted by Crippen LogP contribution is 2.35. The summed E-state index contributed by atoms with van der Waals surface area (Å²) >= 11 is 1.44. The Labute approximate surface area is 179 Å². The SMILES string of the molecule is Cc1c(-c2ccccc2)sc2ncn(CC(=O)Nc3ccc(OC(F)F)cc3)c(=O)c12. The second-order valence-electron chi connectivity index (χ2n) is 6.73. The summed E-state index contributed by atoms with van der Waals surface area (Å²) in [4.78, 5) is 31.3. The van der Waals surface area contributed by atoms with Crippen molar-refractivity contribution in [2.45, 2.75) is 20.1 Å². The van der Waals surface area contributed by atoms with Gasteiger partial charge in [-0.3, -0.25) is 14.2 Å². The summed E-state index contributed by atoms with van der Waals surface area (Å²) in [6.45, 7) is -1.28. The van der Waals surface area contributed by atoms with Gasteiger partial charge in [0.15, 0.2) is 0 Å². The van der Waals surface area contributed by atoms with Gasteiger partial charge in [-0.25, -0.2) is 4.98 Å². The fourth-order valence-electron chi connectivity index (χ4n) is 3.21. The van der Waals surface area contributed by atoms with E-state index in [1.54, 1.807) is 0 Å². The molecule has 0 saturated carbocycles. The van der Waals surface area contributed by atoms with E-state index < -0.39 is 12.5 Å². The van der Waals surface area contributed by atoms with Gasteiger partial charge in [-0.05, 0) is 42.3 Å². The average molecular weight is 441 g/mol. The van der Waals surface area contributed by atoms with Crippen LogP contribution in [0.4, 0.5) is 14.5 Å². The van der Waals surface area contributed by atoms with Gasteiger partial charge in [0.2, 0.25) is 5.91 Å². The van der Waals surface area contributed by atoms with Crippen molar-refractivity contribution in [1.29, 1.82) is 0 Å². The first-order chi connectivity index (χ1) is 14.9. The van der Waals surface area contributed by atoms with Gasteiger partial charge in [0.1, 0.15) is 17.1 Å². The minimum absolute atomic E-state index is 0.0129. The van der Waals surface area contributed by atoms with Crippen molar-refractivity contribution in [3.63, 3.8) is 0 Å². The zero-order valence-corrected chi connectivity index (χ0v) is 17.2. The largest absolute Gasteiger partial charge is 0.435 e. The predicted molar refractivity (Wildman–Crippen MR) is 116 cm³/mol. The fourth-order valence-corrected chi connectivity index (χ4v) is 4.36. The molecule has 1 amide bonds. The summed E-state index contributed by atoms with van der Waals surface area (Å²) in [7, 11) is 0. The Balaban J connectivity index is 1.54. The van der Waals surface area contributed by atoms with Crippen LogP contribution in [-0.4, -0.2) is 22.1 Å². The molecule has 9 heteroatoms. The van der Waals surface area contributed by atoms with Gasteiger partial charge < -0.3 is 10.1 Å². The lowest BCUT2D eigenvalue weighted by Gasteiger charge is -2.09. The molecule has 0 fully saturated rings. The van der Waals surface area contributed by atoms with Crippen molar-refractivity contribution in [2.24, 2.45) is 0 Å². The maximum absolute atomic E-state index is 13.0. The third-order valence-corrected chi connectivity index (χ3v) is 5.88. The van der Waals surface area contributed by atoms with Crippen LogP contribution in [0.5, 0.6) is 5.75 Å². The molecule has 0 aliphatic carbocycles. The van der Waals surface area contributed by atoms with E-state index in [2.05, 4.69) is 15.0 Å².